The molecule has 0 radical (unpaired) electrons. The molecule has 2 aliphatic rings. The molecule has 0 aromatic carbocycles. The molecule has 2 fully saturated rings. The van der Waals surface area contributed by atoms with E-state index in [1.54, 1.807) is 0 Å². The van der Waals surface area contributed by atoms with Crippen molar-refractivity contribution in [2.75, 3.05) is 6.26 Å². The minimum Gasteiger partial charge on any atom is -0.481 e. The van der Waals surface area contributed by atoms with Gasteiger partial charge in [0.15, 0.2) is 0 Å². The number of carbonyl (C=O) groups is 1. The highest BCUT2D eigenvalue weighted by Gasteiger charge is 2.30. The molecule has 3 nitrogen and oxygen atoms in total. The molecular formula is C13H23NO2S. The number of carboxylic acid groups (broad SMARTS) is 1. The topological polar surface area (TPSA) is 49.3 Å². The van der Waals surface area contributed by atoms with Gasteiger partial charge in [-0.2, -0.15) is 11.8 Å². The van der Waals surface area contributed by atoms with E-state index in [-0.39, 0.29) is 5.92 Å². The Bertz CT molecular complexity index is 272. The maximum atomic E-state index is 11.0. The number of hydrogen-bond acceptors (Lipinski definition) is 3. The second-order valence-electron chi connectivity index (χ2n) is 5.43. The molecule has 0 spiro atoms. The third-order valence-corrected chi connectivity index (χ3v) is 5.31. The zero-order valence-corrected chi connectivity index (χ0v) is 11.3. The van der Waals surface area contributed by atoms with E-state index < -0.39 is 5.97 Å². The van der Waals surface area contributed by atoms with Crippen LogP contribution in [0.25, 0.3) is 0 Å². The molecule has 98 valence electrons. The molecular weight excluding hydrogens is 234 g/mol. The molecule has 17 heavy (non-hydrogen) atoms. The third kappa shape index (κ3) is 3.62. The Morgan fingerprint density at radius 1 is 1.18 bits per heavy atom. The highest BCUT2D eigenvalue weighted by Crippen LogP contribution is 2.30. The van der Waals surface area contributed by atoms with E-state index in [2.05, 4.69) is 11.6 Å². The van der Waals surface area contributed by atoms with Gasteiger partial charge in [-0.3, -0.25) is 4.79 Å². The fourth-order valence-electron chi connectivity index (χ4n) is 3.20. The lowest BCUT2D eigenvalue weighted by molar-refractivity contribution is -0.143. The average molecular weight is 257 g/mol. The van der Waals surface area contributed by atoms with Crippen molar-refractivity contribution in [3.8, 4) is 0 Å². The normalized spacial score (nSPS) is 38.2. The number of thioether (sulfide) groups is 1. The van der Waals surface area contributed by atoms with E-state index in [4.69, 9.17) is 5.11 Å². The van der Waals surface area contributed by atoms with Gasteiger partial charge in [-0.15, -0.1) is 0 Å². The zero-order chi connectivity index (χ0) is 12.3. The smallest absolute Gasteiger partial charge is 0.306 e. The number of rotatable bonds is 4. The summed E-state index contributed by atoms with van der Waals surface area (Å²) in [6.45, 7) is 0. The zero-order valence-electron chi connectivity index (χ0n) is 10.5. The average Bonchev–Trinajstić information content (AvgIpc) is 2.77. The van der Waals surface area contributed by atoms with Crippen LogP contribution >= 0.6 is 11.8 Å². The minimum atomic E-state index is -0.607. The van der Waals surface area contributed by atoms with E-state index >= 15 is 0 Å². The standard InChI is InChI=1S/C13H23NO2S/c1-17-12-6-5-11(8-12)14-10-4-2-3-9(7-10)13(15)16/h9-12,14H,2-8H2,1H3,(H,15,16). The van der Waals surface area contributed by atoms with Gasteiger partial charge in [0, 0.05) is 17.3 Å². The monoisotopic (exact) mass is 257 g/mol. The Morgan fingerprint density at radius 3 is 2.59 bits per heavy atom. The number of nitrogens with one attached hydrogen (secondary N) is 1. The number of aliphatic carboxylic acids is 1. The molecule has 0 amide bonds. The largest absolute Gasteiger partial charge is 0.481 e. The summed E-state index contributed by atoms with van der Waals surface area (Å²) in [5.74, 6) is -0.719. The van der Waals surface area contributed by atoms with E-state index in [0.717, 1.165) is 30.9 Å². The summed E-state index contributed by atoms with van der Waals surface area (Å²) >= 11 is 1.97. The first-order valence-electron chi connectivity index (χ1n) is 6.70. The molecule has 0 aliphatic heterocycles. The van der Waals surface area contributed by atoms with Crippen LogP contribution in [0, 0.1) is 5.92 Å². The first-order valence-corrected chi connectivity index (χ1v) is 7.99. The first-order chi connectivity index (χ1) is 8.19. The number of hydrogen-bond donors (Lipinski definition) is 2. The summed E-state index contributed by atoms with van der Waals surface area (Å²) in [6.07, 6.45) is 9.94. The number of carboxylic acids is 1. The van der Waals surface area contributed by atoms with E-state index in [9.17, 15) is 4.79 Å². The predicted molar refractivity (Wildman–Crippen MR) is 71.5 cm³/mol. The van der Waals surface area contributed by atoms with Crippen molar-refractivity contribution in [3.05, 3.63) is 0 Å². The van der Waals surface area contributed by atoms with Crippen LogP contribution in [0.5, 0.6) is 0 Å². The highest BCUT2D eigenvalue weighted by molar-refractivity contribution is 7.99. The molecule has 4 heteroatoms. The Hall–Kier alpha value is -0.220. The summed E-state index contributed by atoms with van der Waals surface area (Å²) in [7, 11) is 0. The minimum absolute atomic E-state index is 0.112. The molecule has 2 N–H and O–H groups in total. The van der Waals surface area contributed by atoms with Gasteiger partial charge in [-0.25, -0.2) is 0 Å². The molecule has 0 heterocycles. The first kappa shape index (κ1) is 13.2. The van der Waals surface area contributed by atoms with Gasteiger partial charge in [0.25, 0.3) is 0 Å². The van der Waals surface area contributed by atoms with Gasteiger partial charge in [-0.05, 0) is 44.8 Å². The lowest BCUT2D eigenvalue weighted by Gasteiger charge is -2.30. The molecule has 0 saturated heterocycles. The Morgan fingerprint density at radius 2 is 1.94 bits per heavy atom. The molecule has 0 aromatic rings. The van der Waals surface area contributed by atoms with Gasteiger partial charge >= 0.3 is 5.97 Å². The lowest BCUT2D eigenvalue weighted by atomic mass is 9.85. The van der Waals surface area contributed by atoms with E-state index in [1.165, 1.54) is 19.3 Å². The summed E-state index contributed by atoms with van der Waals surface area (Å²) in [6, 6.07) is 1.07. The van der Waals surface area contributed by atoms with Crippen LogP contribution < -0.4 is 5.32 Å². The van der Waals surface area contributed by atoms with Crippen LogP contribution in [0.2, 0.25) is 0 Å². The Labute approximate surface area is 108 Å². The van der Waals surface area contributed by atoms with Crippen molar-refractivity contribution < 1.29 is 9.90 Å². The lowest BCUT2D eigenvalue weighted by Crippen LogP contribution is -2.41. The van der Waals surface area contributed by atoms with Gasteiger partial charge in [0.1, 0.15) is 0 Å². The molecule has 4 atom stereocenters. The van der Waals surface area contributed by atoms with Crippen LogP contribution in [0.3, 0.4) is 0 Å². The molecule has 2 aliphatic carbocycles. The van der Waals surface area contributed by atoms with Gasteiger partial charge in [0.2, 0.25) is 0 Å². The van der Waals surface area contributed by atoms with Crippen molar-refractivity contribution in [1.82, 2.24) is 5.32 Å². The van der Waals surface area contributed by atoms with Crippen LogP contribution in [-0.2, 0) is 4.79 Å². The van der Waals surface area contributed by atoms with Gasteiger partial charge in [-0.1, -0.05) is 6.42 Å². The summed E-state index contributed by atoms with van der Waals surface area (Å²) < 4.78 is 0. The third-order valence-electron chi connectivity index (χ3n) is 4.21. The Kier molecular flexibility index (Phi) is 4.74. The second kappa shape index (κ2) is 6.10. The van der Waals surface area contributed by atoms with Crippen LogP contribution in [-0.4, -0.2) is 34.7 Å². The SMILES string of the molecule is CSC1CCC(NC2CCCC(C(=O)O)C2)C1. The molecule has 0 aromatic heterocycles. The fourth-order valence-corrected chi connectivity index (χ4v) is 4.00. The quantitative estimate of drug-likeness (QED) is 0.812. The van der Waals surface area contributed by atoms with Crippen molar-refractivity contribution in [2.24, 2.45) is 5.92 Å². The van der Waals surface area contributed by atoms with Crippen LogP contribution in [0.1, 0.15) is 44.9 Å². The summed E-state index contributed by atoms with van der Waals surface area (Å²) in [4.78, 5) is 11.0. The molecule has 4 unspecified atom stereocenters. The predicted octanol–water partition coefficient (Wildman–Crippen LogP) is 2.50. The van der Waals surface area contributed by atoms with Crippen molar-refractivity contribution in [2.45, 2.75) is 62.3 Å². The van der Waals surface area contributed by atoms with E-state index in [0.29, 0.717) is 12.1 Å². The molecule has 0 bridgehead atoms. The molecule has 2 rings (SSSR count). The summed E-state index contributed by atoms with van der Waals surface area (Å²) in [5, 5.41) is 13.6. The highest BCUT2D eigenvalue weighted by atomic mass is 32.2. The Balaban J connectivity index is 1.77. The van der Waals surface area contributed by atoms with E-state index in [1.807, 2.05) is 11.8 Å². The fraction of sp³-hybridized carbons (Fsp3) is 0.923. The van der Waals surface area contributed by atoms with Crippen molar-refractivity contribution >= 4 is 17.7 Å². The summed E-state index contributed by atoms with van der Waals surface area (Å²) in [5.41, 5.74) is 0. The maximum absolute atomic E-state index is 11.0. The van der Waals surface area contributed by atoms with Crippen molar-refractivity contribution in [1.29, 1.82) is 0 Å². The van der Waals surface area contributed by atoms with Crippen LogP contribution in [0.15, 0.2) is 0 Å². The second-order valence-corrected chi connectivity index (χ2v) is 6.57. The van der Waals surface area contributed by atoms with Crippen LogP contribution in [0.4, 0.5) is 0 Å². The van der Waals surface area contributed by atoms with Crippen molar-refractivity contribution in [3.63, 3.8) is 0 Å². The van der Waals surface area contributed by atoms with Gasteiger partial charge in [0.05, 0.1) is 5.92 Å². The maximum Gasteiger partial charge on any atom is 0.306 e. The van der Waals surface area contributed by atoms with Gasteiger partial charge < -0.3 is 10.4 Å². The molecule has 2 saturated carbocycles.